The predicted molar refractivity (Wildman–Crippen MR) is 72.1 cm³/mol. The van der Waals surface area contributed by atoms with Crippen LogP contribution in [-0.2, 0) is 0 Å². The summed E-state index contributed by atoms with van der Waals surface area (Å²) in [4.78, 5) is 27.2. The molecule has 0 bridgehead atoms. The summed E-state index contributed by atoms with van der Waals surface area (Å²) in [5, 5.41) is 5.10. The fourth-order valence-corrected chi connectivity index (χ4v) is 1.98. The van der Waals surface area contributed by atoms with Crippen LogP contribution < -0.4 is 10.6 Å². The number of rotatable bonds is 1. The molecule has 0 fully saturated rings. The number of para-hydroxylation sites is 1. The monoisotopic (exact) mass is 273 g/mol. The number of anilines is 3. The molecule has 1 aliphatic heterocycles. The second-order valence-corrected chi connectivity index (χ2v) is 4.33. The molecule has 0 radical (unpaired) electrons. The minimum absolute atomic E-state index is 0.126. The molecule has 1 aromatic carbocycles. The first-order valence-corrected chi connectivity index (χ1v) is 5.91. The van der Waals surface area contributed by atoms with Gasteiger partial charge in [-0.3, -0.25) is 9.59 Å². The number of pyridine rings is 1. The Bertz CT molecular complexity index is 700. The molecule has 5 nitrogen and oxygen atoms in total. The summed E-state index contributed by atoms with van der Waals surface area (Å²) in [6.07, 6.45) is 0. The van der Waals surface area contributed by atoms with Gasteiger partial charge in [0.15, 0.2) is 5.82 Å². The highest BCUT2D eigenvalue weighted by Gasteiger charge is 2.20. The minimum Gasteiger partial charge on any atom is -0.338 e. The van der Waals surface area contributed by atoms with Gasteiger partial charge in [-0.1, -0.05) is 12.1 Å². The van der Waals surface area contributed by atoms with Crippen molar-refractivity contribution in [2.24, 2.45) is 0 Å². The lowest BCUT2D eigenvalue weighted by Crippen LogP contribution is -2.10. The van der Waals surface area contributed by atoms with Crippen molar-refractivity contribution in [1.29, 1.82) is 0 Å². The highest BCUT2D eigenvalue weighted by atomic mass is 35.5. The van der Waals surface area contributed by atoms with Crippen molar-refractivity contribution in [2.45, 2.75) is 0 Å². The first-order chi connectivity index (χ1) is 9.15. The van der Waals surface area contributed by atoms with Crippen LogP contribution in [0, 0.1) is 0 Å². The Morgan fingerprint density at radius 3 is 2.63 bits per heavy atom. The highest BCUT2D eigenvalue weighted by Crippen LogP contribution is 2.30. The smallest absolute Gasteiger partial charge is 0.270 e. The molecule has 0 unspecified atom stereocenters. The van der Waals surface area contributed by atoms with E-state index in [9.17, 15) is 9.59 Å². The van der Waals surface area contributed by atoms with Crippen molar-refractivity contribution in [2.75, 3.05) is 10.6 Å². The number of carbonyl (C=O) groups excluding carboxylic acids is 2. The molecule has 2 N–H and O–H groups in total. The molecular formula is C13H8ClN3O2. The molecule has 0 atom stereocenters. The molecule has 19 heavy (non-hydrogen) atoms. The van der Waals surface area contributed by atoms with Crippen LogP contribution in [0.3, 0.4) is 0 Å². The van der Waals surface area contributed by atoms with Crippen molar-refractivity contribution >= 4 is 39.9 Å². The average molecular weight is 274 g/mol. The van der Waals surface area contributed by atoms with Crippen LogP contribution >= 0.6 is 11.6 Å². The Kier molecular flexibility index (Phi) is 2.68. The van der Waals surface area contributed by atoms with E-state index >= 15 is 0 Å². The van der Waals surface area contributed by atoms with Crippen molar-refractivity contribution < 1.29 is 9.59 Å². The number of aromatic nitrogens is 1. The van der Waals surface area contributed by atoms with Gasteiger partial charge in [-0.15, -0.1) is 0 Å². The number of carbonyl (C=O) groups is 2. The van der Waals surface area contributed by atoms with Crippen LogP contribution in [-0.4, -0.2) is 16.1 Å². The quantitative estimate of drug-likeness (QED) is 0.784. The van der Waals surface area contributed by atoms with Crippen molar-refractivity contribution in [1.82, 2.24) is 4.98 Å². The van der Waals surface area contributed by atoms with Gasteiger partial charge in [0.05, 0.1) is 16.9 Å². The lowest BCUT2D eigenvalue weighted by molar-refractivity contribution is 0.102. The maximum Gasteiger partial charge on any atom is 0.270 e. The number of benzene rings is 1. The summed E-state index contributed by atoms with van der Waals surface area (Å²) in [7, 11) is 0. The van der Waals surface area contributed by atoms with E-state index in [0.717, 1.165) is 0 Å². The molecule has 2 heterocycles. The molecule has 1 aromatic heterocycles. The minimum atomic E-state index is -0.645. The molecule has 1 amide bonds. The molecule has 1 aliphatic rings. The van der Waals surface area contributed by atoms with Crippen molar-refractivity contribution in [3.63, 3.8) is 0 Å². The van der Waals surface area contributed by atoms with E-state index in [4.69, 9.17) is 11.6 Å². The maximum absolute atomic E-state index is 12.0. The standard InChI is InChI=1S/C13H8ClN3O2/c14-11(18)9-5-6-10-12(16-9)15-8-4-2-1-3-7(8)13(19)17-10/h1-6H,(H,15,16)(H,17,19). The van der Waals surface area contributed by atoms with Gasteiger partial charge >= 0.3 is 0 Å². The normalized spacial score (nSPS) is 12.6. The second kappa shape index (κ2) is 4.37. The van der Waals surface area contributed by atoms with Crippen LogP contribution in [0.15, 0.2) is 36.4 Å². The van der Waals surface area contributed by atoms with E-state index in [1.165, 1.54) is 6.07 Å². The SMILES string of the molecule is O=C(Cl)c1ccc2c(n1)Nc1ccccc1C(=O)N2. The predicted octanol–water partition coefficient (Wildman–Crippen LogP) is 2.77. The van der Waals surface area contributed by atoms with Gasteiger partial charge in [-0.2, -0.15) is 0 Å². The van der Waals surface area contributed by atoms with Gasteiger partial charge in [0.1, 0.15) is 5.69 Å². The largest absolute Gasteiger partial charge is 0.338 e. The van der Waals surface area contributed by atoms with E-state index in [0.29, 0.717) is 22.8 Å². The molecule has 0 saturated heterocycles. The van der Waals surface area contributed by atoms with E-state index in [2.05, 4.69) is 15.6 Å². The zero-order valence-corrected chi connectivity index (χ0v) is 10.4. The second-order valence-electron chi connectivity index (χ2n) is 3.99. The van der Waals surface area contributed by atoms with E-state index in [1.54, 1.807) is 30.3 Å². The molecule has 94 valence electrons. The fourth-order valence-electron chi connectivity index (χ4n) is 1.87. The summed E-state index contributed by atoms with van der Waals surface area (Å²) in [5.41, 5.74) is 1.77. The highest BCUT2D eigenvalue weighted by molar-refractivity contribution is 6.67. The number of hydrogen-bond donors (Lipinski definition) is 2. The Morgan fingerprint density at radius 2 is 1.84 bits per heavy atom. The molecule has 0 saturated carbocycles. The number of halogens is 1. The Morgan fingerprint density at radius 1 is 1.05 bits per heavy atom. The third-order valence-corrected chi connectivity index (χ3v) is 2.96. The average Bonchev–Trinajstić information content (AvgIpc) is 2.54. The number of fused-ring (bicyclic) bond motifs is 2. The number of nitrogens with zero attached hydrogens (tertiary/aromatic N) is 1. The van der Waals surface area contributed by atoms with Gasteiger partial charge < -0.3 is 10.6 Å². The lowest BCUT2D eigenvalue weighted by Gasteiger charge is -2.07. The fraction of sp³-hybridized carbons (Fsp3) is 0. The van der Waals surface area contributed by atoms with Gasteiger partial charge in [0.2, 0.25) is 0 Å². The number of nitrogens with one attached hydrogen (secondary N) is 2. The first-order valence-electron chi connectivity index (χ1n) is 5.53. The number of hydrogen-bond acceptors (Lipinski definition) is 4. The number of amides is 1. The van der Waals surface area contributed by atoms with Crippen LogP contribution in [0.25, 0.3) is 0 Å². The van der Waals surface area contributed by atoms with Crippen LogP contribution in [0.1, 0.15) is 20.8 Å². The summed E-state index contributed by atoms with van der Waals surface area (Å²) < 4.78 is 0. The Balaban J connectivity index is 2.14. The third-order valence-electron chi connectivity index (χ3n) is 2.77. The Labute approximate surface area is 113 Å². The van der Waals surface area contributed by atoms with Gasteiger partial charge in [-0.25, -0.2) is 4.98 Å². The molecule has 3 rings (SSSR count). The van der Waals surface area contributed by atoms with Crippen molar-refractivity contribution in [3.05, 3.63) is 47.7 Å². The molecular weight excluding hydrogens is 266 g/mol. The molecule has 0 spiro atoms. The van der Waals surface area contributed by atoms with Crippen LogP contribution in [0.2, 0.25) is 0 Å². The first kappa shape index (κ1) is 11.7. The van der Waals surface area contributed by atoms with Crippen LogP contribution in [0.4, 0.5) is 17.2 Å². The van der Waals surface area contributed by atoms with E-state index < -0.39 is 5.24 Å². The molecule has 6 heteroatoms. The third kappa shape index (κ3) is 2.04. The topological polar surface area (TPSA) is 71.1 Å². The Hall–Kier alpha value is -2.40. The zero-order valence-electron chi connectivity index (χ0n) is 9.61. The molecule has 2 aromatic rings. The van der Waals surface area contributed by atoms with Gasteiger partial charge in [-0.05, 0) is 35.9 Å². The van der Waals surface area contributed by atoms with Gasteiger partial charge in [0, 0.05) is 0 Å². The van der Waals surface area contributed by atoms with E-state index in [-0.39, 0.29) is 11.6 Å². The summed E-state index contributed by atoms with van der Waals surface area (Å²) in [6, 6.07) is 10.1. The maximum atomic E-state index is 12.0. The zero-order chi connectivity index (χ0) is 13.4. The summed E-state index contributed by atoms with van der Waals surface area (Å²) >= 11 is 5.40. The lowest BCUT2D eigenvalue weighted by atomic mass is 10.1. The van der Waals surface area contributed by atoms with E-state index in [1.807, 2.05) is 0 Å². The molecule has 0 aliphatic carbocycles. The van der Waals surface area contributed by atoms with Crippen LogP contribution in [0.5, 0.6) is 0 Å². The summed E-state index contributed by atoms with van der Waals surface area (Å²) in [5.74, 6) is 0.165. The summed E-state index contributed by atoms with van der Waals surface area (Å²) in [6.45, 7) is 0. The van der Waals surface area contributed by atoms with Gasteiger partial charge in [0.25, 0.3) is 11.1 Å². The van der Waals surface area contributed by atoms with Crippen molar-refractivity contribution in [3.8, 4) is 0 Å².